The highest BCUT2D eigenvalue weighted by molar-refractivity contribution is 5.48. The second-order valence-corrected chi connectivity index (χ2v) is 4.10. The summed E-state index contributed by atoms with van der Waals surface area (Å²) in [5, 5.41) is 3.44. The Bertz CT molecular complexity index is 274. The van der Waals surface area contributed by atoms with Crippen molar-refractivity contribution in [2.24, 2.45) is 0 Å². The maximum Gasteiger partial charge on any atom is 0.0389 e. The van der Waals surface area contributed by atoms with Gasteiger partial charge in [-0.2, -0.15) is 0 Å². The summed E-state index contributed by atoms with van der Waals surface area (Å²) in [5.41, 5.74) is 1.34. The Morgan fingerprint density at radius 1 is 1.07 bits per heavy atom. The fourth-order valence-electron chi connectivity index (χ4n) is 2.24. The molecule has 1 aliphatic rings. The van der Waals surface area contributed by atoms with Gasteiger partial charge in [0.05, 0.1) is 0 Å². The van der Waals surface area contributed by atoms with Crippen molar-refractivity contribution in [3.05, 3.63) is 30.3 Å². The summed E-state index contributed by atoms with van der Waals surface area (Å²) in [5.74, 6) is 0. The standard InChI is InChI=1S/C12H18N2/c1-10-8-13-9-11(2)14(10)12-6-4-3-5-7-12/h3-7,10-11,13H,8-9H2,1-2H3/t10-,11-/m1/s1. The van der Waals surface area contributed by atoms with E-state index in [4.69, 9.17) is 0 Å². The zero-order valence-corrected chi connectivity index (χ0v) is 8.90. The SMILES string of the molecule is C[C@@H]1CNC[C@@H](C)N1c1ccccc1. The number of hydrogen-bond donors (Lipinski definition) is 1. The second-order valence-electron chi connectivity index (χ2n) is 4.10. The molecular formula is C12H18N2. The summed E-state index contributed by atoms with van der Waals surface area (Å²) in [4.78, 5) is 2.50. The fourth-order valence-corrected chi connectivity index (χ4v) is 2.24. The van der Waals surface area contributed by atoms with Gasteiger partial charge >= 0.3 is 0 Å². The second kappa shape index (κ2) is 4.01. The predicted molar refractivity (Wildman–Crippen MR) is 60.7 cm³/mol. The van der Waals surface area contributed by atoms with E-state index in [0.29, 0.717) is 12.1 Å². The van der Waals surface area contributed by atoms with Crippen LogP contribution in [0.4, 0.5) is 5.69 Å². The van der Waals surface area contributed by atoms with Crippen LogP contribution in [0.1, 0.15) is 13.8 Å². The third-order valence-corrected chi connectivity index (χ3v) is 2.88. The van der Waals surface area contributed by atoms with Crippen LogP contribution >= 0.6 is 0 Å². The molecule has 76 valence electrons. The van der Waals surface area contributed by atoms with Gasteiger partial charge in [0.1, 0.15) is 0 Å². The molecule has 0 amide bonds. The Labute approximate surface area is 85.9 Å². The van der Waals surface area contributed by atoms with Crippen molar-refractivity contribution in [1.29, 1.82) is 0 Å². The molecule has 0 bridgehead atoms. The maximum atomic E-state index is 3.44. The van der Waals surface area contributed by atoms with E-state index in [0.717, 1.165) is 13.1 Å². The molecule has 1 aromatic rings. The van der Waals surface area contributed by atoms with Crippen LogP contribution in [0.2, 0.25) is 0 Å². The first-order valence-corrected chi connectivity index (χ1v) is 5.33. The minimum absolute atomic E-state index is 0.584. The fraction of sp³-hybridized carbons (Fsp3) is 0.500. The van der Waals surface area contributed by atoms with Crippen molar-refractivity contribution in [3.63, 3.8) is 0 Å². The van der Waals surface area contributed by atoms with Crippen molar-refractivity contribution < 1.29 is 0 Å². The number of piperazine rings is 1. The van der Waals surface area contributed by atoms with Crippen molar-refractivity contribution in [3.8, 4) is 0 Å². The minimum atomic E-state index is 0.584. The van der Waals surface area contributed by atoms with Crippen molar-refractivity contribution in [2.75, 3.05) is 18.0 Å². The van der Waals surface area contributed by atoms with Crippen LogP contribution in [0.15, 0.2) is 30.3 Å². The molecule has 2 nitrogen and oxygen atoms in total. The van der Waals surface area contributed by atoms with E-state index in [2.05, 4.69) is 54.4 Å². The lowest BCUT2D eigenvalue weighted by atomic mass is 10.1. The predicted octanol–water partition coefficient (Wildman–Crippen LogP) is 1.87. The van der Waals surface area contributed by atoms with E-state index in [9.17, 15) is 0 Å². The van der Waals surface area contributed by atoms with Crippen LogP contribution in [0.3, 0.4) is 0 Å². The Morgan fingerprint density at radius 2 is 1.64 bits per heavy atom. The third-order valence-electron chi connectivity index (χ3n) is 2.88. The average molecular weight is 190 g/mol. The first-order valence-electron chi connectivity index (χ1n) is 5.33. The molecule has 0 saturated carbocycles. The lowest BCUT2D eigenvalue weighted by molar-refractivity contribution is 0.432. The van der Waals surface area contributed by atoms with Crippen LogP contribution in [0.25, 0.3) is 0 Å². The molecule has 0 aliphatic carbocycles. The molecule has 2 atom stereocenters. The molecule has 1 fully saturated rings. The Hall–Kier alpha value is -1.02. The molecule has 2 rings (SSSR count). The van der Waals surface area contributed by atoms with E-state index in [1.165, 1.54) is 5.69 Å². The van der Waals surface area contributed by atoms with Crippen LogP contribution in [-0.2, 0) is 0 Å². The number of nitrogens with one attached hydrogen (secondary N) is 1. The zero-order valence-electron chi connectivity index (χ0n) is 8.90. The van der Waals surface area contributed by atoms with Crippen molar-refractivity contribution in [1.82, 2.24) is 5.32 Å². The highest BCUT2D eigenvalue weighted by Gasteiger charge is 2.23. The summed E-state index contributed by atoms with van der Waals surface area (Å²) < 4.78 is 0. The minimum Gasteiger partial charge on any atom is -0.364 e. The van der Waals surface area contributed by atoms with Gasteiger partial charge in [-0.05, 0) is 26.0 Å². The van der Waals surface area contributed by atoms with Crippen LogP contribution in [-0.4, -0.2) is 25.2 Å². The Kier molecular flexibility index (Phi) is 2.73. The monoisotopic (exact) mass is 190 g/mol. The van der Waals surface area contributed by atoms with E-state index < -0.39 is 0 Å². The summed E-state index contributed by atoms with van der Waals surface area (Å²) in [6, 6.07) is 11.8. The first kappa shape index (κ1) is 9.53. The van der Waals surface area contributed by atoms with E-state index in [1.54, 1.807) is 0 Å². The lowest BCUT2D eigenvalue weighted by Crippen LogP contribution is -2.55. The van der Waals surface area contributed by atoms with Crippen LogP contribution in [0, 0.1) is 0 Å². The summed E-state index contributed by atoms with van der Waals surface area (Å²) in [7, 11) is 0. The quantitative estimate of drug-likeness (QED) is 0.727. The van der Waals surface area contributed by atoms with Gasteiger partial charge < -0.3 is 10.2 Å². The number of anilines is 1. The molecule has 0 aromatic heterocycles. The summed E-state index contributed by atoms with van der Waals surface area (Å²) in [6.07, 6.45) is 0. The Balaban J connectivity index is 2.23. The van der Waals surface area contributed by atoms with E-state index in [-0.39, 0.29) is 0 Å². The van der Waals surface area contributed by atoms with E-state index in [1.807, 2.05) is 0 Å². The largest absolute Gasteiger partial charge is 0.364 e. The molecule has 1 N–H and O–H groups in total. The molecule has 1 heterocycles. The first-order chi connectivity index (χ1) is 6.79. The van der Waals surface area contributed by atoms with Crippen LogP contribution in [0.5, 0.6) is 0 Å². The van der Waals surface area contributed by atoms with Gasteiger partial charge in [-0.15, -0.1) is 0 Å². The van der Waals surface area contributed by atoms with Gasteiger partial charge in [-0.25, -0.2) is 0 Å². The number of rotatable bonds is 1. The molecule has 14 heavy (non-hydrogen) atoms. The van der Waals surface area contributed by atoms with Gasteiger partial charge in [0.2, 0.25) is 0 Å². The number of para-hydroxylation sites is 1. The molecule has 1 saturated heterocycles. The van der Waals surface area contributed by atoms with Crippen molar-refractivity contribution in [2.45, 2.75) is 25.9 Å². The van der Waals surface area contributed by atoms with Crippen LogP contribution < -0.4 is 10.2 Å². The van der Waals surface area contributed by atoms with Gasteiger partial charge in [-0.1, -0.05) is 18.2 Å². The van der Waals surface area contributed by atoms with Gasteiger partial charge in [-0.3, -0.25) is 0 Å². The van der Waals surface area contributed by atoms with E-state index >= 15 is 0 Å². The highest BCUT2D eigenvalue weighted by Crippen LogP contribution is 2.20. The normalized spacial score (nSPS) is 27.7. The Morgan fingerprint density at radius 3 is 2.21 bits per heavy atom. The number of nitrogens with zero attached hydrogens (tertiary/aromatic N) is 1. The zero-order chi connectivity index (χ0) is 9.97. The molecular weight excluding hydrogens is 172 g/mol. The molecule has 0 unspecified atom stereocenters. The third kappa shape index (κ3) is 1.75. The van der Waals surface area contributed by atoms with Gasteiger partial charge in [0, 0.05) is 30.9 Å². The van der Waals surface area contributed by atoms with Gasteiger partial charge in [0.25, 0.3) is 0 Å². The molecule has 0 spiro atoms. The molecule has 1 aromatic carbocycles. The smallest absolute Gasteiger partial charge is 0.0389 e. The number of benzene rings is 1. The summed E-state index contributed by atoms with van der Waals surface area (Å²) >= 11 is 0. The lowest BCUT2D eigenvalue weighted by Gasteiger charge is -2.41. The molecule has 0 radical (unpaired) electrons. The topological polar surface area (TPSA) is 15.3 Å². The van der Waals surface area contributed by atoms with Gasteiger partial charge in [0.15, 0.2) is 0 Å². The molecule has 2 heteroatoms. The number of hydrogen-bond acceptors (Lipinski definition) is 2. The van der Waals surface area contributed by atoms with Crippen molar-refractivity contribution >= 4 is 5.69 Å². The highest BCUT2D eigenvalue weighted by atomic mass is 15.2. The molecule has 1 aliphatic heterocycles. The maximum absolute atomic E-state index is 3.44. The summed E-state index contributed by atoms with van der Waals surface area (Å²) in [6.45, 7) is 6.71. The average Bonchev–Trinajstić information content (AvgIpc) is 2.19.